The molecular formula is C18H22N2OS. The summed E-state index contributed by atoms with van der Waals surface area (Å²) in [6.45, 7) is 5.48. The average molecular weight is 314 g/mol. The molecule has 0 bridgehead atoms. The number of anilines is 2. The van der Waals surface area contributed by atoms with Gasteiger partial charge in [-0.1, -0.05) is 6.42 Å². The lowest BCUT2D eigenvalue weighted by molar-refractivity contribution is 0.138. The Morgan fingerprint density at radius 2 is 2.09 bits per heavy atom. The Morgan fingerprint density at radius 3 is 2.68 bits per heavy atom. The highest BCUT2D eigenvalue weighted by molar-refractivity contribution is 7.13. The number of benzene rings is 1. The van der Waals surface area contributed by atoms with E-state index in [4.69, 9.17) is 4.74 Å². The largest absolute Gasteiger partial charge is 0.496 e. The lowest BCUT2D eigenvalue weighted by atomic mass is 9.63. The molecule has 0 atom stereocenters. The van der Waals surface area contributed by atoms with E-state index in [9.17, 15) is 0 Å². The Bertz CT molecular complexity index is 704. The smallest absolute Gasteiger partial charge is 0.189 e. The Hall–Kier alpha value is -1.55. The van der Waals surface area contributed by atoms with E-state index in [1.54, 1.807) is 18.4 Å². The first-order chi connectivity index (χ1) is 10.6. The second-order valence-electron chi connectivity index (χ2n) is 6.77. The predicted molar refractivity (Wildman–Crippen MR) is 91.6 cm³/mol. The van der Waals surface area contributed by atoms with E-state index >= 15 is 0 Å². The first kappa shape index (κ1) is 14.1. The van der Waals surface area contributed by atoms with Crippen LogP contribution in [0.3, 0.4) is 0 Å². The summed E-state index contributed by atoms with van der Waals surface area (Å²) >= 11 is 1.74. The van der Waals surface area contributed by atoms with Crippen LogP contribution in [-0.2, 0) is 6.42 Å². The second kappa shape index (κ2) is 4.98. The summed E-state index contributed by atoms with van der Waals surface area (Å²) in [5.41, 5.74) is 5.82. The van der Waals surface area contributed by atoms with Gasteiger partial charge in [-0.15, -0.1) is 11.3 Å². The second-order valence-corrected chi connectivity index (χ2v) is 7.64. The predicted octanol–water partition coefficient (Wildman–Crippen LogP) is 4.63. The van der Waals surface area contributed by atoms with Crippen LogP contribution in [0.1, 0.15) is 36.0 Å². The molecule has 3 nitrogen and oxygen atoms in total. The molecule has 1 aromatic heterocycles. The van der Waals surface area contributed by atoms with Gasteiger partial charge in [-0.05, 0) is 61.3 Å². The van der Waals surface area contributed by atoms with Crippen molar-refractivity contribution in [3.05, 3.63) is 34.3 Å². The third-order valence-corrected chi connectivity index (χ3v) is 6.30. The fourth-order valence-corrected chi connectivity index (χ4v) is 4.71. The van der Waals surface area contributed by atoms with Crippen molar-refractivity contribution in [3.8, 4) is 5.75 Å². The molecule has 1 aliphatic carbocycles. The standard InChI is InChI=1S/C18H22N2OS/c1-12-13(2)16-14(9-15(12)21-3)10-18(5-4-6-18)11-20(16)17-19-7-8-22-17/h7-9H,4-6,10-11H2,1-3H3. The van der Waals surface area contributed by atoms with Gasteiger partial charge in [0.05, 0.1) is 7.11 Å². The molecule has 0 saturated heterocycles. The van der Waals surface area contributed by atoms with E-state index in [1.165, 1.54) is 48.1 Å². The van der Waals surface area contributed by atoms with Crippen LogP contribution in [0.4, 0.5) is 10.8 Å². The number of nitrogens with zero attached hydrogens (tertiary/aromatic N) is 2. The Kier molecular flexibility index (Phi) is 3.19. The molecular weight excluding hydrogens is 292 g/mol. The maximum Gasteiger partial charge on any atom is 0.189 e. The molecule has 1 fully saturated rings. The third kappa shape index (κ3) is 1.97. The molecule has 0 radical (unpaired) electrons. The Balaban J connectivity index is 1.90. The molecule has 2 aromatic rings. The molecule has 4 heteroatoms. The normalized spacial score (nSPS) is 19.0. The van der Waals surface area contributed by atoms with E-state index in [-0.39, 0.29) is 0 Å². The van der Waals surface area contributed by atoms with Crippen molar-refractivity contribution in [1.29, 1.82) is 0 Å². The Morgan fingerprint density at radius 1 is 1.27 bits per heavy atom. The van der Waals surface area contributed by atoms with E-state index in [1.807, 2.05) is 6.20 Å². The molecule has 1 saturated carbocycles. The van der Waals surface area contributed by atoms with Gasteiger partial charge >= 0.3 is 0 Å². The zero-order valence-electron chi connectivity index (χ0n) is 13.5. The van der Waals surface area contributed by atoms with Gasteiger partial charge in [0, 0.05) is 23.8 Å². The maximum absolute atomic E-state index is 5.61. The summed E-state index contributed by atoms with van der Waals surface area (Å²) in [6.07, 6.45) is 7.13. The molecule has 0 amide bonds. The van der Waals surface area contributed by atoms with Crippen LogP contribution in [0.15, 0.2) is 17.6 Å². The van der Waals surface area contributed by atoms with Crippen molar-refractivity contribution < 1.29 is 4.74 Å². The van der Waals surface area contributed by atoms with Gasteiger partial charge in [-0.2, -0.15) is 0 Å². The van der Waals surface area contributed by atoms with Crippen LogP contribution < -0.4 is 9.64 Å². The molecule has 0 unspecified atom stereocenters. The summed E-state index contributed by atoms with van der Waals surface area (Å²) in [5, 5.41) is 3.20. The van der Waals surface area contributed by atoms with Gasteiger partial charge in [0.1, 0.15) is 5.75 Å². The van der Waals surface area contributed by atoms with E-state index in [0.717, 1.165) is 17.4 Å². The number of methoxy groups -OCH3 is 1. The molecule has 2 heterocycles. The fraction of sp³-hybridized carbons (Fsp3) is 0.500. The summed E-state index contributed by atoms with van der Waals surface area (Å²) in [5.74, 6) is 1.02. The average Bonchev–Trinajstić information content (AvgIpc) is 3.02. The third-order valence-electron chi connectivity index (χ3n) is 5.51. The maximum atomic E-state index is 5.61. The summed E-state index contributed by atoms with van der Waals surface area (Å²) in [6, 6.07) is 2.26. The van der Waals surface area contributed by atoms with Crippen molar-refractivity contribution in [3.63, 3.8) is 0 Å². The van der Waals surface area contributed by atoms with E-state index < -0.39 is 0 Å². The minimum absolute atomic E-state index is 0.450. The first-order valence-corrected chi connectivity index (χ1v) is 8.86. The quantitative estimate of drug-likeness (QED) is 0.808. The highest BCUT2D eigenvalue weighted by Gasteiger charge is 2.44. The van der Waals surface area contributed by atoms with Crippen molar-refractivity contribution in [1.82, 2.24) is 4.98 Å². The molecule has 2 aliphatic rings. The van der Waals surface area contributed by atoms with Crippen LogP contribution in [0.5, 0.6) is 5.75 Å². The van der Waals surface area contributed by atoms with Crippen molar-refractivity contribution >= 4 is 22.2 Å². The molecule has 1 aliphatic heterocycles. The topological polar surface area (TPSA) is 25.4 Å². The van der Waals surface area contributed by atoms with Crippen LogP contribution in [0, 0.1) is 19.3 Å². The minimum atomic E-state index is 0.450. The number of hydrogen-bond acceptors (Lipinski definition) is 4. The molecule has 1 spiro atoms. The Labute approximate surface area is 135 Å². The van der Waals surface area contributed by atoms with Crippen molar-refractivity contribution in [2.75, 3.05) is 18.6 Å². The first-order valence-electron chi connectivity index (χ1n) is 7.98. The van der Waals surface area contributed by atoms with Crippen LogP contribution >= 0.6 is 11.3 Å². The van der Waals surface area contributed by atoms with E-state index in [2.05, 4.69) is 35.2 Å². The summed E-state index contributed by atoms with van der Waals surface area (Å²) in [7, 11) is 1.77. The van der Waals surface area contributed by atoms with Gasteiger partial charge in [0.15, 0.2) is 5.13 Å². The number of rotatable bonds is 2. The molecule has 0 N–H and O–H groups in total. The zero-order valence-corrected chi connectivity index (χ0v) is 14.3. The van der Waals surface area contributed by atoms with Crippen molar-refractivity contribution in [2.45, 2.75) is 39.5 Å². The van der Waals surface area contributed by atoms with Crippen molar-refractivity contribution in [2.24, 2.45) is 5.41 Å². The number of thiazole rings is 1. The molecule has 22 heavy (non-hydrogen) atoms. The minimum Gasteiger partial charge on any atom is -0.496 e. The van der Waals surface area contributed by atoms with Gasteiger partial charge in [-0.25, -0.2) is 4.98 Å². The number of hydrogen-bond donors (Lipinski definition) is 0. The van der Waals surface area contributed by atoms with E-state index in [0.29, 0.717) is 5.41 Å². The van der Waals surface area contributed by atoms with Gasteiger partial charge < -0.3 is 9.64 Å². The van der Waals surface area contributed by atoms with Gasteiger partial charge in [-0.3, -0.25) is 0 Å². The highest BCUT2D eigenvalue weighted by atomic mass is 32.1. The molecule has 116 valence electrons. The molecule has 1 aromatic carbocycles. The lowest BCUT2D eigenvalue weighted by Gasteiger charge is -2.50. The summed E-state index contributed by atoms with van der Waals surface area (Å²) < 4.78 is 5.61. The fourth-order valence-electron chi connectivity index (χ4n) is 4.06. The zero-order chi connectivity index (χ0) is 15.3. The summed E-state index contributed by atoms with van der Waals surface area (Å²) in [4.78, 5) is 7.05. The number of fused-ring (bicyclic) bond motifs is 1. The highest BCUT2D eigenvalue weighted by Crippen LogP contribution is 2.53. The number of ether oxygens (including phenoxy) is 1. The van der Waals surface area contributed by atoms with Crippen LogP contribution in [0.25, 0.3) is 0 Å². The number of aromatic nitrogens is 1. The SMILES string of the molecule is COc1cc2c(c(C)c1C)N(c1nccs1)CC1(CCC1)C2. The monoisotopic (exact) mass is 314 g/mol. The van der Waals surface area contributed by atoms with Gasteiger partial charge in [0.2, 0.25) is 0 Å². The lowest BCUT2D eigenvalue weighted by Crippen LogP contribution is -2.46. The van der Waals surface area contributed by atoms with Crippen LogP contribution in [-0.4, -0.2) is 18.6 Å². The molecule has 4 rings (SSSR count). The van der Waals surface area contributed by atoms with Gasteiger partial charge in [0.25, 0.3) is 0 Å². The van der Waals surface area contributed by atoms with Crippen LogP contribution in [0.2, 0.25) is 0 Å².